The molecule has 0 fully saturated rings. The molecule has 0 aliphatic carbocycles. The highest BCUT2D eigenvalue weighted by Gasteiger charge is 2.18. The van der Waals surface area contributed by atoms with E-state index in [0.717, 1.165) is 13.0 Å². The molecular formula is C9H20N2O2. The standard InChI is InChI=1S/C9H20N2O2/c1-10(2)7-5-6-8(9(12)13)11(3)4/h8H,5-7H2,1-4H3,(H,12,13). The molecule has 1 atom stereocenters. The average molecular weight is 188 g/mol. The normalized spacial score (nSPS) is 13.7. The first kappa shape index (κ1) is 12.4. The maximum absolute atomic E-state index is 10.8. The summed E-state index contributed by atoms with van der Waals surface area (Å²) in [5.74, 6) is -0.733. The smallest absolute Gasteiger partial charge is 0.320 e. The second-order valence-corrected chi connectivity index (χ2v) is 3.76. The van der Waals surface area contributed by atoms with Crippen molar-refractivity contribution in [1.82, 2.24) is 9.80 Å². The van der Waals surface area contributed by atoms with Crippen LogP contribution in [0.1, 0.15) is 12.8 Å². The first-order valence-corrected chi connectivity index (χ1v) is 4.49. The molecule has 13 heavy (non-hydrogen) atoms. The molecule has 0 radical (unpaired) electrons. The Morgan fingerprint density at radius 2 is 1.85 bits per heavy atom. The van der Waals surface area contributed by atoms with E-state index in [2.05, 4.69) is 4.90 Å². The predicted octanol–water partition coefficient (Wildman–Crippen LogP) is 0.343. The van der Waals surface area contributed by atoms with Crippen LogP contribution < -0.4 is 0 Å². The highest BCUT2D eigenvalue weighted by Crippen LogP contribution is 2.03. The Labute approximate surface area is 80.1 Å². The van der Waals surface area contributed by atoms with Gasteiger partial charge in [0.15, 0.2) is 0 Å². The molecule has 1 N–H and O–H groups in total. The van der Waals surface area contributed by atoms with E-state index in [-0.39, 0.29) is 6.04 Å². The molecule has 1 unspecified atom stereocenters. The van der Waals surface area contributed by atoms with Crippen molar-refractivity contribution in [3.05, 3.63) is 0 Å². The number of carboxylic acid groups (broad SMARTS) is 1. The monoisotopic (exact) mass is 188 g/mol. The molecule has 0 saturated carbocycles. The molecule has 78 valence electrons. The van der Waals surface area contributed by atoms with E-state index < -0.39 is 5.97 Å². The Morgan fingerprint density at radius 1 is 1.31 bits per heavy atom. The van der Waals surface area contributed by atoms with Crippen LogP contribution in [-0.4, -0.2) is 61.7 Å². The SMILES string of the molecule is CN(C)CCCC(C(=O)O)N(C)C. The maximum atomic E-state index is 10.8. The van der Waals surface area contributed by atoms with E-state index >= 15 is 0 Å². The van der Waals surface area contributed by atoms with Crippen molar-refractivity contribution in [2.75, 3.05) is 34.7 Å². The van der Waals surface area contributed by atoms with Crippen molar-refractivity contribution in [3.8, 4) is 0 Å². The Morgan fingerprint density at radius 3 is 2.15 bits per heavy atom. The fourth-order valence-electron chi connectivity index (χ4n) is 1.20. The summed E-state index contributed by atoms with van der Waals surface area (Å²) in [4.78, 5) is 14.6. The summed E-state index contributed by atoms with van der Waals surface area (Å²) in [5.41, 5.74) is 0. The Hall–Kier alpha value is -0.610. The predicted molar refractivity (Wildman–Crippen MR) is 52.9 cm³/mol. The van der Waals surface area contributed by atoms with Gasteiger partial charge in [0, 0.05) is 0 Å². The number of nitrogens with zero attached hydrogens (tertiary/aromatic N) is 2. The Bertz CT molecular complexity index is 158. The highest BCUT2D eigenvalue weighted by molar-refractivity contribution is 5.73. The molecule has 0 aliphatic rings. The minimum Gasteiger partial charge on any atom is -0.480 e. The summed E-state index contributed by atoms with van der Waals surface area (Å²) < 4.78 is 0. The van der Waals surface area contributed by atoms with Crippen LogP contribution in [0.4, 0.5) is 0 Å². The lowest BCUT2D eigenvalue weighted by atomic mass is 10.1. The van der Waals surface area contributed by atoms with Gasteiger partial charge in [0.25, 0.3) is 0 Å². The molecule has 0 rings (SSSR count). The van der Waals surface area contributed by atoms with E-state index in [0.29, 0.717) is 6.42 Å². The van der Waals surface area contributed by atoms with Gasteiger partial charge in [0.05, 0.1) is 0 Å². The van der Waals surface area contributed by atoms with E-state index in [1.165, 1.54) is 0 Å². The van der Waals surface area contributed by atoms with Crippen LogP contribution in [-0.2, 0) is 4.79 Å². The van der Waals surface area contributed by atoms with Crippen LogP contribution in [0.2, 0.25) is 0 Å². The molecule has 0 spiro atoms. The number of hydrogen-bond donors (Lipinski definition) is 1. The largest absolute Gasteiger partial charge is 0.480 e. The van der Waals surface area contributed by atoms with Gasteiger partial charge in [0.2, 0.25) is 0 Å². The van der Waals surface area contributed by atoms with Gasteiger partial charge >= 0.3 is 5.97 Å². The van der Waals surface area contributed by atoms with Crippen molar-refractivity contribution < 1.29 is 9.90 Å². The molecular weight excluding hydrogens is 168 g/mol. The van der Waals surface area contributed by atoms with Crippen LogP contribution in [0.3, 0.4) is 0 Å². The molecule has 0 aliphatic heterocycles. The molecule has 4 nitrogen and oxygen atoms in total. The van der Waals surface area contributed by atoms with Crippen LogP contribution in [0, 0.1) is 0 Å². The molecule has 0 amide bonds. The number of carbonyl (C=O) groups is 1. The van der Waals surface area contributed by atoms with Gasteiger partial charge in [-0.1, -0.05) is 0 Å². The fourth-order valence-corrected chi connectivity index (χ4v) is 1.20. The zero-order chi connectivity index (χ0) is 10.4. The maximum Gasteiger partial charge on any atom is 0.320 e. The van der Waals surface area contributed by atoms with E-state index in [4.69, 9.17) is 5.11 Å². The summed E-state index contributed by atoms with van der Waals surface area (Å²) in [6, 6.07) is -0.347. The summed E-state index contributed by atoms with van der Waals surface area (Å²) in [6.07, 6.45) is 1.63. The van der Waals surface area contributed by atoms with Crippen LogP contribution in [0.15, 0.2) is 0 Å². The number of rotatable bonds is 6. The van der Waals surface area contributed by atoms with E-state index in [9.17, 15) is 4.79 Å². The topological polar surface area (TPSA) is 43.8 Å². The highest BCUT2D eigenvalue weighted by atomic mass is 16.4. The van der Waals surface area contributed by atoms with Gasteiger partial charge in [-0.15, -0.1) is 0 Å². The molecule has 0 saturated heterocycles. The minimum absolute atomic E-state index is 0.347. The van der Waals surface area contributed by atoms with Crippen LogP contribution in [0.5, 0.6) is 0 Å². The number of likely N-dealkylation sites (N-methyl/N-ethyl adjacent to an activating group) is 1. The zero-order valence-electron chi connectivity index (χ0n) is 8.95. The minimum atomic E-state index is -0.733. The summed E-state index contributed by atoms with van der Waals surface area (Å²) in [5, 5.41) is 8.85. The molecule has 4 heteroatoms. The fraction of sp³-hybridized carbons (Fsp3) is 0.889. The van der Waals surface area contributed by atoms with Crippen molar-refractivity contribution in [2.45, 2.75) is 18.9 Å². The molecule has 0 aromatic heterocycles. The van der Waals surface area contributed by atoms with Crippen molar-refractivity contribution >= 4 is 5.97 Å². The van der Waals surface area contributed by atoms with E-state index in [1.54, 1.807) is 19.0 Å². The van der Waals surface area contributed by atoms with Gasteiger partial charge < -0.3 is 10.0 Å². The number of carboxylic acids is 1. The lowest BCUT2D eigenvalue weighted by molar-refractivity contribution is -0.142. The van der Waals surface area contributed by atoms with E-state index in [1.807, 2.05) is 14.1 Å². The zero-order valence-corrected chi connectivity index (χ0v) is 8.95. The lowest BCUT2D eigenvalue weighted by Crippen LogP contribution is -2.36. The quantitative estimate of drug-likeness (QED) is 0.653. The molecule has 0 aromatic carbocycles. The van der Waals surface area contributed by atoms with Gasteiger partial charge in [0.1, 0.15) is 6.04 Å². The third-order valence-corrected chi connectivity index (χ3v) is 1.99. The summed E-state index contributed by atoms with van der Waals surface area (Å²) in [7, 11) is 7.58. The van der Waals surface area contributed by atoms with Crippen molar-refractivity contribution in [3.63, 3.8) is 0 Å². The first-order chi connectivity index (χ1) is 5.95. The van der Waals surface area contributed by atoms with Gasteiger partial charge in [-0.2, -0.15) is 0 Å². The molecule has 0 heterocycles. The third-order valence-electron chi connectivity index (χ3n) is 1.99. The lowest BCUT2D eigenvalue weighted by Gasteiger charge is -2.20. The van der Waals surface area contributed by atoms with Gasteiger partial charge in [-0.05, 0) is 47.6 Å². The second-order valence-electron chi connectivity index (χ2n) is 3.76. The summed E-state index contributed by atoms with van der Waals surface area (Å²) >= 11 is 0. The van der Waals surface area contributed by atoms with Crippen LogP contribution >= 0.6 is 0 Å². The summed E-state index contributed by atoms with van der Waals surface area (Å²) in [6.45, 7) is 0.942. The average Bonchev–Trinajstić information content (AvgIpc) is 1.95. The second kappa shape index (κ2) is 5.94. The van der Waals surface area contributed by atoms with Crippen molar-refractivity contribution in [2.24, 2.45) is 0 Å². The Balaban J connectivity index is 3.77. The molecule has 0 aromatic rings. The van der Waals surface area contributed by atoms with Gasteiger partial charge in [-0.25, -0.2) is 0 Å². The third kappa shape index (κ3) is 5.60. The number of aliphatic carboxylic acids is 1. The number of hydrogen-bond acceptors (Lipinski definition) is 3. The van der Waals surface area contributed by atoms with Crippen LogP contribution in [0.25, 0.3) is 0 Å². The molecule has 0 bridgehead atoms. The van der Waals surface area contributed by atoms with Gasteiger partial charge in [-0.3, -0.25) is 9.69 Å². The van der Waals surface area contributed by atoms with Crippen molar-refractivity contribution in [1.29, 1.82) is 0 Å². The first-order valence-electron chi connectivity index (χ1n) is 4.49. The Kier molecular flexibility index (Phi) is 5.66.